The number of nitrogens with one attached hydrogen (secondary N) is 1. The molecule has 6 heteroatoms. The number of ether oxygens (including phenoxy) is 2. The van der Waals surface area contributed by atoms with Crippen LogP contribution in [-0.4, -0.2) is 24.9 Å². The van der Waals surface area contributed by atoms with Gasteiger partial charge >= 0.3 is 0 Å². The van der Waals surface area contributed by atoms with Crippen LogP contribution >= 0.6 is 11.6 Å². The van der Waals surface area contributed by atoms with Crippen LogP contribution in [-0.2, 0) is 10.2 Å². The van der Waals surface area contributed by atoms with Gasteiger partial charge in [0.25, 0.3) is 11.5 Å². The molecule has 0 radical (unpaired) electrons. The van der Waals surface area contributed by atoms with Crippen molar-refractivity contribution >= 4 is 17.5 Å². The molecule has 0 aromatic heterocycles. The topological polar surface area (TPSA) is 47.6 Å². The van der Waals surface area contributed by atoms with Crippen LogP contribution in [0.1, 0.15) is 19.4 Å². The number of alkyl halides is 2. The van der Waals surface area contributed by atoms with Gasteiger partial charge in [0, 0.05) is 12.0 Å². The van der Waals surface area contributed by atoms with Crippen molar-refractivity contribution < 1.29 is 18.7 Å². The average Bonchev–Trinajstić information content (AvgIpc) is 2.82. The van der Waals surface area contributed by atoms with Gasteiger partial charge in [-0.2, -0.15) is 0 Å². The molecule has 1 aromatic rings. The summed E-state index contributed by atoms with van der Waals surface area (Å²) < 4.78 is 23.1. The molecule has 1 aliphatic rings. The minimum Gasteiger partial charge on any atom is -0.454 e. The molecule has 1 heterocycles. The number of carbonyl (C=O) groups excluding carboxylic acids is 1. The molecule has 0 fully saturated rings. The summed E-state index contributed by atoms with van der Waals surface area (Å²) in [5.74, 6) is 0.557. The zero-order chi connectivity index (χ0) is 14.0. The van der Waals surface area contributed by atoms with E-state index in [1.165, 1.54) is 0 Å². The van der Waals surface area contributed by atoms with Crippen molar-refractivity contribution in [2.75, 3.05) is 13.3 Å². The predicted octanol–water partition coefficient (Wildman–Crippen LogP) is 2.34. The van der Waals surface area contributed by atoms with E-state index < -0.39 is 11.5 Å². The fraction of sp³-hybridized carbons (Fsp3) is 0.462. The van der Waals surface area contributed by atoms with Gasteiger partial charge in [0.2, 0.25) is 6.79 Å². The van der Waals surface area contributed by atoms with Crippen LogP contribution in [0.2, 0.25) is 0 Å². The Hall–Kier alpha value is -1.49. The van der Waals surface area contributed by atoms with E-state index in [1.54, 1.807) is 0 Å². The number of hydrogen-bond donors (Lipinski definition) is 1. The number of benzene rings is 1. The van der Waals surface area contributed by atoms with Gasteiger partial charge in [-0.15, -0.1) is 0 Å². The van der Waals surface area contributed by atoms with E-state index in [9.17, 15) is 9.18 Å². The smallest absolute Gasteiger partial charge is 0.270 e. The molecule has 2 rings (SSSR count). The molecule has 1 aliphatic heterocycles. The van der Waals surface area contributed by atoms with Crippen molar-refractivity contribution in [2.24, 2.45) is 0 Å². The Bertz CT molecular complexity index is 491. The van der Waals surface area contributed by atoms with E-state index in [2.05, 4.69) is 5.32 Å². The highest BCUT2D eigenvalue weighted by atomic mass is 35.5. The SMILES string of the molecule is CC(C)(CNC(=O)C(F)Cl)c1ccc2c(c1)OCO2. The highest BCUT2D eigenvalue weighted by molar-refractivity contribution is 6.29. The monoisotopic (exact) mass is 287 g/mol. The van der Waals surface area contributed by atoms with Crippen molar-refractivity contribution in [3.8, 4) is 11.5 Å². The fourth-order valence-electron chi connectivity index (χ4n) is 1.80. The first kappa shape index (κ1) is 13.9. The highest BCUT2D eigenvalue weighted by Crippen LogP contribution is 2.36. The highest BCUT2D eigenvalue weighted by Gasteiger charge is 2.25. The molecule has 0 bridgehead atoms. The van der Waals surface area contributed by atoms with Gasteiger partial charge in [-0.05, 0) is 17.7 Å². The molecule has 104 valence electrons. The van der Waals surface area contributed by atoms with Crippen molar-refractivity contribution in [3.63, 3.8) is 0 Å². The van der Waals surface area contributed by atoms with E-state index in [1.807, 2.05) is 32.0 Å². The number of amides is 1. The summed E-state index contributed by atoms with van der Waals surface area (Å²) in [7, 11) is 0. The minimum absolute atomic E-state index is 0.214. The van der Waals surface area contributed by atoms with E-state index >= 15 is 0 Å². The first-order valence-electron chi connectivity index (χ1n) is 5.86. The van der Waals surface area contributed by atoms with Crippen LogP contribution in [0, 0.1) is 0 Å². The van der Waals surface area contributed by atoms with Crippen molar-refractivity contribution in [1.29, 1.82) is 0 Å². The number of rotatable bonds is 4. The maximum absolute atomic E-state index is 12.6. The number of hydrogen-bond acceptors (Lipinski definition) is 3. The molecular weight excluding hydrogens is 273 g/mol. The van der Waals surface area contributed by atoms with Crippen LogP contribution in [0.15, 0.2) is 18.2 Å². The van der Waals surface area contributed by atoms with Crippen LogP contribution in [0.3, 0.4) is 0 Å². The zero-order valence-electron chi connectivity index (χ0n) is 10.7. The Labute approximate surface area is 115 Å². The first-order chi connectivity index (χ1) is 8.90. The lowest BCUT2D eigenvalue weighted by atomic mass is 9.84. The maximum atomic E-state index is 12.6. The number of halogens is 2. The normalized spacial score (nSPS) is 15.2. The molecule has 1 aromatic carbocycles. The van der Waals surface area contributed by atoms with Crippen molar-refractivity contribution in [2.45, 2.75) is 24.9 Å². The molecule has 1 N–H and O–H groups in total. The van der Waals surface area contributed by atoms with Gasteiger partial charge in [0.05, 0.1) is 0 Å². The summed E-state index contributed by atoms with van der Waals surface area (Å²) in [5.41, 5.74) is -1.43. The number of carbonyl (C=O) groups is 1. The molecule has 1 amide bonds. The Morgan fingerprint density at radius 1 is 1.47 bits per heavy atom. The third-order valence-corrected chi connectivity index (χ3v) is 3.25. The first-order valence-corrected chi connectivity index (χ1v) is 6.30. The molecule has 1 unspecified atom stereocenters. The van der Waals surface area contributed by atoms with Crippen LogP contribution < -0.4 is 14.8 Å². The molecule has 0 saturated heterocycles. The Kier molecular flexibility index (Phi) is 3.85. The van der Waals surface area contributed by atoms with Gasteiger partial charge in [0.15, 0.2) is 11.5 Å². The third kappa shape index (κ3) is 3.10. The summed E-state index contributed by atoms with van der Waals surface area (Å²) in [6.07, 6.45) is 0. The van der Waals surface area contributed by atoms with Gasteiger partial charge in [0.1, 0.15) is 0 Å². The van der Waals surface area contributed by atoms with E-state index in [4.69, 9.17) is 21.1 Å². The lowest BCUT2D eigenvalue weighted by Crippen LogP contribution is -2.39. The number of fused-ring (bicyclic) bond motifs is 1. The Balaban J connectivity index is 2.08. The van der Waals surface area contributed by atoms with Crippen molar-refractivity contribution in [1.82, 2.24) is 5.32 Å². The zero-order valence-corrected chi connectivity index (χ0v) is 11.5. The van der Waals surface area contributed by atoms with E-state index in [0.717, 1.165) is 5.56 Å². The van der Waals surface area contributed by atoms with E-state index in [0.29, 0.717) is 11.5 Å². The second-order valence-electron chi connectivity index (χ2n) is 4.97. The van der Waals surface area contributed by atoms with Crippen molar-refractivity contribution in [3.05, 3.63) is 23.8 Å². The van der Waals surface area contributed by atoms with Gasteiger partial charge in [-0.1, -0.05) is 31.5 Å². The van der Waals surface area contributed by atoms with Gasteiger partial charge in [-0.25, -0.2) is 4.39 Å². The van der Waals surface area contributed by atoms with Crippen LogP contribution in [0.5, 0.6) is 11.5 Å². The second-order valence-corrected chi connectivity index (χ2v) is 5.35. The summed E-state index contributed by atoms with van der Waals surface area (Å²) in [6.45, 7) is 4.36. The molecule has 4 nitrogen and oxygen atoms in total. The average molecular weight is 288 g/mol. The van der Waals surface area contributed by atoms with Crippen LogP contribution in [0.25, 0.3) is 0 Å². The van der Waals surface area contributed by atoms with Crippen LogP contribution in [0.4, 0.5) is 4.39 Å². The molecule has 19 heavy (non-hydrogen) atoms. The Morgan fingerprint density at radius 2 is 2.16 bits per heavy atom. The van der Waals surface area contributed by atoms with E-state index in [-0.39, 0.29) is 18.8 Å². The molecular formula is C13H15ClFNO3. The van der Waals surface area contributed by atoms with Gasteiger partial charge in [-0.3, -0.25) is 4.79 Å². The molecule has 1 atom stereocenters. The summed E-state index contributed by atoms with van der Waals surface area (Å²) in [4.78, 5) is 11.1. The molecule has 0 spiro atoms. The fourth-order valence-corrected chi connectivity index (χ4v) is 1.88. The summed E-state index contributed by atoms with van der Waals surface area (Å²) >= 11 is 5.06. The largest absolute Gasteiger partial charge is 0.454 e. The maximum Gasteiger partial charge on any atom is 0.270 e. The quantitative estimate of drug-likeness (QED) is 0.865. The standard InChI is InChI=1S/C13H15ClFNO3/c1-13(2,6-16-12(17)11(14)15)8-3-4-9-10(5-8)19-7-18-9/h3-5,11H,6-7H2,1-2H3,(H,16,17). The minimum atomic E-state index is -2.02. The Morgan fingerprint density at radius 3 is 2.84 bits per heavy atom. The lowest BCUT2D eigenvalue weighted by molar-refractivity contribution is -0.123. The summed E-state index contributed by atoms with van der Waals surface area (Å²) in [6, 6.07) is 5.58. The molecule has 0 saturated carbocycles. The third-order valence-electron chi connectivity index (χ3n) is 3.06. The van der Waals surface area contributed by atoms with Gasteiger partial charge < -0.3 is 14.8 Å². The molecule has 0 aliphatic carbocycles. The predicted molar refractivity (Wildman–Crippen MR) is 69.3 cm³/mol. The second kappa shape index (κ2) is 5.25. The summed E-state index contributed by atoms with van der Waals surface area (Å²) in [5, 5.41) is 2.47. The lowest BCUT2D eigenvalue weighted by Gasteiger charge is -2.26.